The molecule has 0 radical (unpaired) electrons. The Morgan fingerprint density at radius 2 is 1.39 bits per heavy atom. The lowest BCUT2D eigenvalue weighted by Crippen LogP contribution is -2.36. The van der Waals surface area contributed by atoms with Gasteiger partial charge in [-0.3, -0.25) is 0 Å². The number of methoxy groups -OCH3 is 2. The lowest BCUT2D eigenvalue weighted by Gasteiger charge is -2.17. The van der Waals surface area contributed by atoms with Gasteiger partial charge >= 0.3 is 10.9 Å². The van der Waals surface area contributed by atoms with Crippen molar-refractivity contribution in [3.8, 4) is 33.6 Å². The molecular weight excluding hydrogens is 627 g/mol. The van der Waals surface area contributed by atoms with Crippen molar-refractivity contribution in [3.63, 3.8) is 0 Å². The number of hydrogen-bond acceptors (Lipinski definition) is 6. The standard InChI is InChI=1S/C41H28N5O2S/c1-23-43-44-41(49-23)46-33-21-20-28(48-3)22-31(33)37(26-16-18-27(47-2)19-17-26)40(46)45-34-13-5-4-12-32(34)42-38-29-10-6-8-24-14-15-25-9-7-11-30(39(38)45)36(25)35(24)29/h4-22H,1-3H3/q+1. The molecule has 3 heterocycles. The van der Waals surface area contributed by atoms with Crippen LogP contribution >= 0.6 is 11.3 Å². The molecule has 49 heavy (non-hydrogen) atoms. The van der Waals surface area contributed by atoms with Crippen molar-refractivity contribution < 1.29 is 14.0 Å². The van der Waals surface area contributed by atoms with Gasteiger partial charge in [-0.15, -0.1) is 5.10 Å². The first kappa shape index (κ1) is 27.9. The van der Waals surface area contributed by atoms with E-state index in [-0.39, 0.29) is 0 Å². The highest BCUT2D eigenvalue weighted by molar-refractivity contribution is 7.13. The van der Waals surface area contributed by atoms with Gasteiger partial charge in [0.05, 0.1) is 19.8 Å². The quantitative estimate of drug-likeness (QED) is 0.105. The Labute approximate surface area is 284 Å². The van der Waals surface area contributed by atoms with E-state index in [4.69, 9.17) is 19.6 Å². The Morgan fingerprint density at radius 3 is 2.12 bits per heavy atom. The fourth-order valence-corrected chi connectivity index (χ4v) is 8.27. The molecule has 8 heteroatoms. The molecule has 0 fully saturated rings. The second-order valence-electron chi connectivity index (χ2n) is 12.3. The number of fused-ring (bicyclic) bond motifs is 5. The third kappa shape index (κ3) is 3.95. The third-order valence-electron chi connectivity index (χ3n) is 9.65. The molecule has 0 aliphatic carbocycles. The summed E-state index contributed by atoms with van der Waals surface area (Å²) in [5, 5.41) is 19.1. The van der Waals surface area contributed by atoms with Gasteiger partial charge < -0.3 is 9.47 Å². The van der Waals surface area contributed by atoms with Gasteiger partial charge in [0.25, 0.3) is 0 Å². The smallest absolute Gasteiger partial charge is 0.305 e. The lowest BCUT2D eigenvalue weighted by molar-refractivity contribution is -0.541. The molecule has 234 valence electrons. The van der Waals surface area contributed by atoms with Crippen LogP contribution in [0.25, 0.3) is 87.4 Å². The number of nitrogens with zero attached hydrogens (tertiary/aromatic N) is 5. The Balaban J connectivity index is 1.52. The highest BCUT2D eigenvalue weighted by Gasteiger charge is 2.34. The molecule has 7 nitrogen and oxygen atoms in total. The molecular formula is C41H28N5O2S+. The van der Waals surface area contributed by atoms with E-state index < -0.39 is 0 Å². The summed E-state index contributed by atoms with van der Waals surface area (Å²) in [6, 6.07) is 40.5. The maximum absolute atomic E-state index is 5.81. The number of para-hydroxylation sites is 2. The van der Waals surface area contributed by atoms with Crippen LogP contribution in [0.15, 0.2) is 115 Å². The van der Waals surface area contributed by atoms with E-state index in [1.165, 1.54) is 21.5 Å². The summed E-state index contributed by atoms with van der Waals surface area (Å²) in [5.74, 6) is 2.52. The Kier molecular flexibility index (Phi) is 5.95. The summed E-state index contributed by atoms with van der Waals surface area (Å²) in [4.78, 5) is 5.43. The average Bonchev–Trinajstić information content (AvgIpc) is 3.73. The van der Waals surface area contributed by atoms with E-state index in [2.05, 4.69) is 111 Å². The minimum absolute atomic E-state index is 0.774. The van der Waals surface area contributed by atoms with Crippen molar-refractivity contribution in [1.82, 2.24) is 19.7 Å². The van der Waals surface area contributed by atoms with E-state index in [0.29, 0.717) is 0 Å². The minimum Gasteiger partial charge on any atom is -0.497 e. The molecule has 10 aromatic rings. The van der Waals surface area contributed by atoms with E-state index >= 15 is 0 Å². The number of benzene rings is 7. The molecule has 0 spiro atoms. The summed E-state index contributed by atoms with van der Waals surface area (Å²) in [5.41, 5.74) is 6.92. The minimum atomic E-state index is 0.774. The van der Waals surface area contributed by atoms with E-state index in [1.54, 1.807) is 25.6 Å². The first-order valence-corrected chi connectivity index (χ1v) is 16.9. The van der Waals surface area contributed by atoms with Crippen LogP contribution in [-0.2, 0) is 0 Å². The van der Waals surface area contributed by atoms with Gasteiger partial charge in [0.15, 0.2) is 11.0 Å². The van der Waals surface area contributed by atoms with Crippen molar-refractivity contribution in [2.24, 2.45) is 0 Å². The molecule has 0 atom stereocenters. The second-order valence-corrected chi connectivity index (χ2v) is 13.4. The zero-order chi connectivity index (χ0) is 32.8. The first-order chi connectivity index (χ1) is 24.1. The van der Waals surface area contributed by atoms with Crippen LogP contribution in [0.1, 0.15) is 5.01 Å². The molecule has 10 rings (SSSR count). The maximum atomic E-state index is 5.81. The van der Waals surface area contributed by atoms with Gasteiger partial charge in [-0.25, -0.2) is 4.98 Å². The van der Waals surface area contributed by atoms with Crippen LogP contribution in [0.3, 0.4) is 0 Å². The molecule has 3 aromatic heterocycles. The van der Waals surface area contributed by atoms with Crippen molar-refractivity contribution in [2.75, 3.05) is 14.2 Å². The zero-order valence-electron chi connectivity index (χ0n) is 26.9. The topological polar surface area (TPSA) is 65.9 Å². The fraction of sp³-hybridized carbons (Fsp3) is 0.0732. The SMILES string of the molecule is COc1ccc(-c2c(-[n+]3c4ccccc4nc4c5cccc6ccc7cccc(c7c65)c43)n(-c3nnc(C)s3)c3ccc(OC)cc23)cc1. The molecule has 0 aliphatic heterocycles. The van der Waals surface area contributed by atoms with Crippen molar-refractivity contribution >= 4 is 76.6 Å². The normalized spacial score (nSPS) is 12.0. The molecule has 0 amide bonds. The van der Waals surface area contributed by atoms with Crippen LogP contribution in [-0.4, -0.2) is 34.0 Å². The van der Waals surface area contributed by atoms with Crippen LogP contribution in [0.4, 0.5) is 0 Å². The van der Waals surface area contributed by atoms with Crippen LogP contribution in [0, 0.1) is 6.92 Å². The highest BCUT2D eigenvalue weighted by atomic mass is 32.1. The zero-order valence-corrected chi connectivity index (χ0v) is 27.7. The fourth-order valence-electron chi connectivity index (χ4n) is 7.56. The average molecular weight is 655 g/mol. The van der Waals surface area contributed by atoms with Crippen molar-refractivity contribution in [2.45, 2.75) is 6.92 Å². The number of hydrogen-bond donors (Lipinski definition) is 0. The van der Waals surface area contributed by atoms with Crippen LogP contribution in [0.5, 0.6) is 11.5 Å². The number of rotatable bonds is 5. The van der Waals surface area contributed by atoms with Gasteiger partial charge in [-0.1, -0.05) is 83.2 Å². The van der Waals surface area contributed by atoms with Crippen molar-refractivity contribution in [3.05, 3.63) is 120 Å². The third-order valence-corrected chi connectivity index (χ3v) is 10.5. The van der Waals surface area contributed by atoms with Gasteiger partial charge in [0.2, 0.25) is 0 Å². The Hall–Kier alpha value is -6.12. The largest absolute Gasteiger partial charge is 0.497 e. The first-order valence-electron chi connectivity index (χ1n) is 16.1. The number of aryl methyl sites for hydroxylation is 1. The predicted molar refractivity (Wildman–Crippen MR) is 198 cm³/mol. The molecule has 0 N–H and O–H groups in total. The predicted octanol–water partition coefficient (Wildman–Crippen LogP) is 9.35. The summed E-state index contributed by atoms with van der Waals surface area (Å²) in [6.07, 6.45) is 0. The lowest BCUT2D eigenvalue weighted by atomic mass is 9.92. The van der Waals surface area contributed by atoms with E-state index in [0.717, 1.165) is 82.3 Å². The van der Waals surface area contributed by atoms with Crippen LogP contribution < -0.4 is 14.0 Å². The van der Waals surface area contributed by atoms with Gasteiger partial charge in [0.1, 0.15) is 33.1 Å². The number of aromatic nitrogens is 5. The maximum Gasteiger partial charge on any atom is 0.305 e. The summed E-state index contributed by atoms with van der Waals surface area (Å²) >= 11 is 1.57. The second kappa shape index (κ2) is 10.4. The summed E-state index contributed by atoms with van der Waals surface area (Å²) in [6.45, 7) is 2.00. The Bertz CT molecular complexity index is 2930. The van der Waals surface area contributed by atoms with Gasteiger partial charge in [-0.05, 0) is 77.2 Å². The van der Waals surface area contributed by atoms with E-state index in [9.17, 15) is 0 Å². The molecule has 0 unspecified atom stereocenters. The van der Waals surface area contributed by atoms with Gasteiger partial charge in [-0.2, -0.15) is 9.13 Å². The summed E-state index contributed by atoms with van der Waals surface area (Å²) in [7, 11) is 3.40. The highest BCUT2D eigenvalue weighted by Crippen LogP contribution is 2.44. The molecule has 0 saturated carbocycles. The van der Waals surface area contributed by atoms with Crippen molar-refractivity contribution in [1.29, 1.82) is 0 Å². The number of ether oxygens (including phenoxy) is 2. The van der Waals surface area contributed by atoms with Gasteiger partial charge in [0, 0.05) is 21.5 Å². The monoisotopic (exact) mass is 654 g/mol. The molecule has 7 aromatic carbocycles. The molecule has 0 saturated heterocycles. The molecule has 0 bridgehead atoms. The Morgan fingerprint density at radius 1 is 0.673 bits per heavy atom. The summed E-state index contributed by atoms with van der Waals surface area (Å²) < 4.78 is 16.1. The molecule has 0 aliphatic rings. The van der Waals surface area contributed by atoms with E-state index in [1.807, 2.05) is 25.1 Å². The van der Waals surface area contributed by atoms with Crippen LogP contribution in [0.2, 0.25) is 0 Å².